The molecule has 0 amide bonds. The van der Waals surface area contributed by atoms with Gasteiger partial charge in [0.1, 0.15) is 16.9 Å². The maximum Gasteiger partial charge on any atom is 0.261 e. The molecule has 12 heteroatoms. The number of likely N-dealkylation sites (tertiary alicyclic amines) is 1. The number of H-pyrrole nitrogens is 2. The van der Waals surface area contributed by atoms with E-state index in [9.17, 15) is 8.78 Å². The van der Waals surface area contributed by atoms with Crippen molar-refractivity contribution in [3.05, 3.63) is 73.0 Å². The highest BCUT2D eigenvalue weighted by atomic mass is 19.3. The Morgan fingerprint density at radius 2 is 1.82 bits per heavy atom. The molecule has 39 heavy (non-hydrogen) atoms. The van der Waals surface area contributed by atoms with Gasteiger partial charge in [-0.25, -0.2) is 18.2 Å². The Hall–Kier alpha value is -4.71. The van der Waals surface area contributed by atoms with Gasteiger partial charge in [0.15, 0.2) is 11.6 Å². The number of alkyl halides is 2. The Kier molecular flexibility index (Phi) is 5.37. The normalized spacial score (nSPS) is 15.5. The minimum atomic E-state index is -2.69. The van der Waals surface area contributed by atoms with E-state index in [-0.39, 0.29) is 24.0 Å². The van der Waals surface area contributed by atoms with Crippen molar-refractivity contribution in [2.24, 2.45) is 0 Å². The van der Waals surface area contributed by atoms with Crippen LogP contribution in [0.1, 0.15) is 12.0 Å². The van der Waals surface area contributed by atoms with Crippen LogP contribution in [0.4, 0.5) is 13.2 Å². The molecular weight excluding hydrogens is 507 g/mol. The number of fused-ring (bicyclic) bond motifs is 2. The van der Waals surface area contributed by atoms with Crippen molar-refractivity contribution in [2.45, 2.75) is 18.9 Å². The Morgan fingerprint density at radius 3 is 2.64 bits per heavy atom. The van der Waals surface area contributed by atoms with E-state index in [1.807, 2.05) is 12.1 Å². The molecule has 0 aromatic carbocycles. The van der Waals surface area contributed by atoms with Gasteiger partial charge in [-0.3, -0.25) is 29.9 Å². The fourth-order valence-corrected chi connectivity index (χ4v) is 5.03. The predicted molar refractivity (Wildman–Crippen MR) is 138 cm³/mol. The number of hydrogen-bond acceptors (Lipinski definition) is 7. The molecule has 1 aliphatic rings. The number of imidazole rings is 1. The molecule has 0 spiro atoms. The molecule has 0 unspecified atom stereocenters. The average Bonchev–Trinajstić information content (AvgIpc) is 3.65. The number of aromatic nitrogens is 8. The zero-order valence-corrected chi connectivity index (χ0v) is 20.4. The fourth-order valence-electron chi connectivity index (χ4n) is 5.03. The smallest absolute Gasteiger partial charge is 0.261 e. The summed E-state index contributed by atoms with van der Waals surface area (Å²) in [5, 5.41) is 7.39. The van der Waals surface area contributed by atoms with Crippen LogP contribution in [-0.2, 0) is 6.54 Å². The monoisotopic (exact) mass is 527 g/mol. The Bertz CT molecular complexity index is 1830. The van der Waals surface area contributed by atoms with E-state index in [1.54, 1.807) is 42.0 Å². The quantitative estimate of drug-likeness (QED) is 0.325. The van der Waals surface area contributed by atoms with Gasteiger partial charge in [-0.15, -0.1) is 0 Å². The molecule has 2 N–H and O–H groups in total. The predicted octanol–water partition coefficient (Wildman–Crippen LogP) is 5.00. The number of nitrogens with one attached hydrogen (secondary N) is 2. The van der Waals surface area contributed by atoms with Gasteiger partial charge in [-0.2, -0.15) is 5.10 Å². The molecule has 7 rings (SSSR count). The first-order valence-electron chi connectivity index (χ1n) is 12.3. The van der Waals surface area contributed by atoms with Gasteiger partial charge >= 0.3 is 0 Å². The first kappa shape index (κ1) is 23.4. The van der Waals surface area contributed by atoms with E-state index >= 15 is 4.39 Å². The van der Waals surface area contributed by atoms with Crippen LogP contribution in [0.3, 0.4) is 0 Å². The molecule has 0 atom stereocenters. The number of rotatable bonds is 5. The van der Waals surface area contributed by atoms with E-state index in [0.29, 0.717) is 52.3 Å². The third kappa shape index (κ3) is 4.18. The van der Waals surface area contributed by atoms with Crippen molar-refractivity contribution >= 4 is 21.9 Å². The number of hydrogen-bond donors (Lipinski definition) is 2. The summed E-state index contributed by atoms with van der Waals surface area (Å²) < 4.78 is 43.3. The minimum absolute atomic E-state index is 0.0834. The second kappa shape index (κ2) is 8.95. The average molecular weight is 528 g/mol. The van der Waals surface area contributed by atoms with Crippen LogP contribution in [0.25, 0.3) is 55.8 Å². The van der Waals surface area contributed by atoms with Crippen LogP contribution in [0, 0.1) is 5.82 Å². The van der Waals surface area contributed by atoms with Crippen molar-refractivity contribution in [3.8, 4) is 33.9 Å². The largest absolute Gasteiger partial charge is 0.335 e. The van der Waals surface area contributed by atoms with E-state index in [2.05, 4.69) is 35.1 Å². The molecule has 0 saturated carbocycles. The first-order chi connectivity index (χ1) is 18.9. The standard InChI is InChI=1S/C27H20F3N9/c28-22-21-19(12-34-23(22)17-6-15(7-32-9-17)13-39-5-3-27(29,30)14-39)37-38-25(21)26-35-20-11-33-10-18(24(20)36-26)16-2-1-4-31-8-16/h1-2,4,6-12H,3,5,13-14H2,(H,35,36)(H,37,38). The van der Waals surface area contributed by atoms with Crippen LogP contribution in [0.2, 0.25) is 0 Å². The van der Waals surface area contributed by atoms with Gasteiger partial charge < -0.3 is 4.98 Å². The van der Waals surface area contributed by atoms with E-state index < -0.39 is 11.7 Å². The van der Waals surface area contributed by atoms with Crippen molar-refractivity contribution < 1.29 is 13.2 Å². The molecule has 1 saturated heterocycles. The maximum atomic E-state index is 16.1. The van der Waals surface area contributed by atoms with Gasteiger partial charge in [0.05, 0.1) is 35.4 Å². The summed E-state index contributed by atoms with van der Waals surface area (Å²) in [5.41, 5.74) is 4.88. The van der Waals surface area contributed by atoms with Crippen LogP contribution in [0.5, 0.6) is 0 Å². The molecule has 7 heterocycles. The van der Waals surface area contributed by atoms with E-state index in [1.165, 1.54) is 12.4 Å². The summed E-state index contributed by atoms with van der Waals surface area (Å²) in [6.45, 7) is 0.289. The second-order valence-electron chi connectivity index (χ2n) is 9.59. The highest BCUT2D eigenvalue weighted by Gasteiger charge is 2.38. The van der Waals surface area contributed by atoms with Crippen LogP contribution < -0.4 is 0 Å². The van der Waals surface area contributed by atoms with Gasteiger partial charge in [-0.1, -0.05) is 6.07 Å². The summed E-state index contributed by atoms with van der Waals surface area (Å²) in [6, 6.07) is 5.47. The van der Waals surface area contributed by atoms with Gasteiger partial charge in [0.2, 0.25) is 0 Å². The Balaban J connectivity index is 1.28. The molecule has 1 aliphatic heterocycles. The summed E-state index contributed by atoms with van der Waals surface area (Å²) in [7, 11) is 0. The Labute approximate surface area is 219 Å². The summed E-state index contributed by atoms with van der Waals surface area (Å²) in [5.74, 6) is -2.91. The lowest BCUT2D eigenvalue weighted by molar-refractivity contribution is 0.0115. The number of aromatic amines is 2. The van der Waals surface area contributed by atoms with Gasteiger partial charge in [0, 0.05) is 67.2 Å². The van der Waals surface area contributed by atoms with E-state index in [4.69, 9.17) is 4.98 Å². The Morgan fingerprint density at radius 1 is 0.949 bits per heavy atom. The minimum Gasteiger partial charge on any atom is -0.335 e. The fraction of sp³-hybridized carbons (Fsp3) is 0.185. The lowest BCUT2D eigenvalue weighted by Crippen LogP contribution is -2.24. The zero-order chi connectivity index (χ0) is 26.6. The molecule has 6 aromatic rings. The SMILES string of the molecule is Fc1c(-c2cncc(CN3CCC(F)(F)C3)c2)ncc2[nH]nc(-c3nc4c(-c5cccnc5)cncc4[nH]3)c12. The van der Waals surface area contributed by atoms with Crippen molar-refractivity contribution in [1.82, 2.24) is 45.0 Å². The first-order valence-corrected chi connectivity index (χ1v) is 12.3. The molecule has 9 nitrogen and oxygen atoms in total. The van der Waals surface area contributed by atoms with Crippen molar-refractivity contribution in [2.75, 3.05) is 13.1 Å². The molecule has 0 radical (unpaired) electrons. The number of nitrogens with zero attached hydrogens (tertiary/aromatic N) is 7. The van der Waals surface area contributed by atoms with Crippen LogP contribution in [0.15, 0.2) is 61.6 Å². The van der Waals surface area contributed by atoms with Gasteiger partial charge in [0.25, 0.3) is 5.92 Å². The van der Waals surface area contributed by atoms with Crippen LogP contribution in [-0.4, -0.2) is 64.0 Å². The topological polar surface area (TPSA) is 112 Å². The second-order valence-corrected chi connectivity index (χ2v) is 9.59. The van der Waals surface area contributed by atoms with Crippen molar-refractivity contribution in [1.29, 1.82) is 0 Å². The highest BCUT2D eigenvalue weighted by Crippen LogP contribution is 2.34. The summed E-state index contributed by atoms with van der Waals surface area (Å²) in [6.07, 6.45) is 11.2. The summed E-state index contributed by atoms with van der Waals surface area (Å²) >= 11 is 0. The number of pyridine rings is 4. The van der Waals surface area contributed by atoms with Crippen molar-refractivity contribution in [3.63, 3.8) is 0 Å². The summed E-state index contributed by atoms with van der Waals surface area (Å²) in [4.78, 5) is 26.6. The molecule has 194 valence electrons. The number of halogens is 3. The highest BCUT2D eigenvalue weighted by molar-refractivity contribution is 5.97. The molecule has 1 fully saturated rings. The van der Waals surface area contributed by atoms with Gasteiger partial charge in [-0.05, 0) is 17.7 Å². The lowest BCUT2D eigenvalue weighted by Gasteiger charge is -2.15. The third-order valence-electron chi connectivity index (χ3n) is 6.86. The van der Waals surface area contributed by atoms with Crippen LogP contribution >= 0.6 is 0 Å². The maximum absolute atomic E-state index is 16.1. The molecule has 6 aromatic heterocycles. The molecule has 0 aliphatic carbocycles. The van der Waals surface area contributed by atoms with E-state index in [0.717, 1.165) is 11.1 Å². The molecule has 0 bridgehead atoms. The zero-order valence-electron chi connectivity index (χ0n) is 20.4. The lowest BCUT2D eigenvalue weighted by atomic mass is 10.1. The third-order valence-corrected chi connectivity index (χ3v) is 6.86. The molecular formula is C27H20F3N9.